The summed E-state index contributed by atoms with van der Waals surface area (Å²) in [7, 11) is -3.71. The first-order chi connectivity index (χ1) is 14.0. The van der Waals surface area contributed by atoms with Gasteiger partial charge in [-0.3, -0.25) is 9.88 Å². The second-order valence-corrected chi connectivity index (χ2v) is 9.00. The summed E-state index contributed by atoms with van der Waals surface area (Å²) in [6.07, 6.45) is 1.70. The minimum Gasteiger partial charge on any atom is -0.379 e. The molecule has 0 spiro atoms. The average Bonchev–Trinajstić information content (AvgIpc) is 2.74. The molecule has 0 saturated carbocycles. The van der Waals surface area contributed by atoms with E-state index in [2.05, 4.69) is 14.6 Å². The average molecular weight is 412 g/mol. The molecule has 6 nitrogen and oxygen atoms in total. The number of aromatic nitrogens is 1. The lowest BCUT2D eigenvalue weighted by atomic mass is 10.1. The molecule has 152 valence electrons. The molecule has 1 aliphatic heterocycles. The molecule has 1 atom stereocenters. The second kappa shape index (κ2) is 8.59. The molecule has 1 saturated heterocycles. The van der Waals surface area contributed by atoms with Crippen LogP contribution in [0.4, 0.5) is 0 Å². The van der Waals surface area contributed by atoms with Crippen LogP contribution in [0, 0.1) is 6.92 Å². The fraction of sp³-hybridized carbons (Fsp3) is 0.318. The van der Waals surface area contributed by atoms with Crippen molar-refractivity contribution >= 4 is 20.9 Å². The lowest BCUT2D eigenvalue weighted by Crippen LogP contribution is -2.43. The highest BCUT2D eigenvalue weighted by molar-refractivity contribution is 7.89. The van der Waals surface area contributed by atoms with Crippen molar-refractivity contribution in [3.63, 3.8) is 0 Å². The van der Waals surface area contributed by atoms with E-state index in [1.807, 2.05) is 49.4 Å². The lowest BCUT2D eigenvalue weighted by Gasteiger charge is -2.34. The number of nitrogens with one attached hydrogen (secondary N) is 1. The van der Waals surface area contributed by atoms with Crippen LogP contribution in [0.1, 0.15) is 17.2 Å². The van der Waals surface area contributed by atoms with Gasteiger partial charge in [0.05, 0.1) is 18.7 Å². The Hall–Kier alpha value is -2.32. The number of pyridine rings is 1. The summed E-state index contributed by atoms with van der Waals surface area (Å²) in [6.45, 7) is 5.09. The highest BCUT2D eigenvalue weighted by Crippen LogP contribution is 2.24. The number of fused-ring (bicyclic) bond motifs is 1. The van der Waals surface area contributed by atoms with Crippen LogP contribution in [0.5, 0.6) is 0 Å². The smallest absolute Gasteiger partial charge is 0.242 e. The molecule has 7 heteroatoms. The van der Waals surface area contributed by atoms with Crippen molar-refractivity contribution in [3.8, 4) is 0 Å². The standard InChI is InChI=1S/C22H25N3O3S/c1-17-14-19-8-5-9-21(22(19)23-15-17)29(26,27)24-16-20(18-6-3-2-4-7-18)25-10-12-28-13-11-25/h2-9,14-15,20,24H,10-13,16H2,1H3. The zero-order valence-electron chi connectivity index (χ0n) is 16.4. The van der Waals surface area contributed by atoms with Crippen LogP contribution in [0.3, 0.4) is 0 Å². The summed E-state index contributed by atoms with van der Waals surface area (Å²) >= 11 is 0. The zero-order valence-corrected chi connectivity index (χ0v) is 17.2. The largest absolute Gasteiger partial charge is 0.379 e. The van der Waals surface area contributed by atoms with Gasteiger partial charge in [0.1, 0.15) is 4.90 Å². The number of ether oxygens (including phenoxy) is 1. The molecule has 1 unspecified atom stereocenters. The molecule has 2 heterocycles. The number of benzene rings is 2. The van der Waals surface area contributed by atoms with E-state index in [0.717, 1.165) is 29.6 Å². The number of morpholine rings is 1. The van der Waals surface area contributed by atoms with Crippen LogP contribution < -0.4 is 4.72 Å². The molecule has 0 amide bonds. The van der Waals surface area contributed by atoms with Crippen LogP contribution >= 0.6 is 0 Å². The second-order valence-electron chi connectivity index (χ2n) is 7.27. The highest BCUT2D eigenvalue weighted by Gasteiger charge is 2.26. The zero-order chi connectivity index (χ0) is 20.3. The lowest BCUT2D eigenvalue weighted by molar-refractivity contribution is 0.0172. The van der Waals surface area contributed by atoms with Crippen molar-refractivity contribution < 1.29 is 13.2 Å². The Bertz CT molecular complexity index is 1080. The van der Waals surface area contributed by atoms with Gasteiger partial charge in [0, 0.05) is 37.3 Å². The summed E-state index contributed by atoms with van der Waals surface area (Å²) in [5, 5.41) is 0.820. The SMILES string of the molecule is Cc1cnc2c(S(=O)(=O)NCC(c3ccccc3)N3CCOCC3)cccc2c1. The van der Waals surface area contributed by atoms with Gasteiger partial charge in [-0.15, -0.1) is 0 Å². The van der Waals surface area contributed by atoms with Crippen LogP contribution in [-0.2, 0) is 14.8 Å². The predicted octanol–water partition coefficient (Wildman–Crippen LogP) is 2.90. The molecular formula is C22H25N3O3S. The van der Waals surface area contributed by atoms with Crippen molar-refractivity contribution in [1.29, 1.82) is 0 Å². The molecule has 4 rings (SSSR count). The van der Waals surface area contributed by atoms with Crippen LogP contribution in [0.25, 0.3) is 10.9 Å². The molecule has 1 aromatic heterocycles. The van der Waals surface area contributed by atoms with E-state index in [1.165, 1.54) is 0 Å². The molecule has 0 radical (unpaired) electrons. The Morgan fingerprint density at radius 1 is 1.10 bits per heavy atom. The molecule has 0 aliphatic carbocycles. The summed E-state index contributed by atoms with van der Waals surface area (Å²) < 4.78 is 34.6. The number of hydrogen-bond acceptors (Lipinski definition) is 5. The van der Waals surface area contributed by atoms with Crippen LogP contribution in [-0.4, -0.2) is 51.1 Å². The number of rotatable bonds is 6. The van der Waals surface area contributed by atoms with E-state index in [9.17, 15) is 8.42 Å². The number of nitrogens with zero attached hydrogens (tertiary/aromatic N) is 2. The maximum Gasteiger partial charge on any atom is 0.242 e. The third-order valence-electron chi connectivity index (χ3n) is 5.24. The monoisotopic (exact) mass is 411 g/mol. The summed E-state index contributed by atoms with van der Waals surface area (Å²) in [5.74, 6) is 0. The Kier molecular flexibility index (Phi) is 5.91. The first kappa shape index (κ1) is 20.0. The number of hydrogen-bond donors (Lipinski definition) is 1. The van der Waals surface area contributed by atoms with Gasteiger partial charge >= 0.3 is 0 Å². The van der Waals surface area contributed by atoms with E-state index in [4.69, 9.17) is 4.74 Å². The molecule has 1 fully saturated rings. The normalized spacial score (nSPS) is 16.7. The Balaban J connectivity index is 1.61. The van der Waals surface area contributed by atoms with Crippen molar-refractivity contribution in [1.82, 2.24) is 14.6 Å². The highest BCUT2D eigenvalue weighted by atomic mass is 32.2. The molecule has 2 aromatic carbocycles. The van der Waals surface area contributed by atoms with E-state index in [1.54, 1.807) is 18.3 Å². The minimum absolute atomic E-state index is 0.0555. The van der Waals surface area contributed by atoms with Gasteiger partial charge in [-0.1, -0.05) is 42.5 Å². The van der Waals surface area contributed by atoms with Gasteiger partial charge in [0.2, 0.25) is 10.0 Å². The fourth-order valence-corrected chi connectivity index (χ4v) is 4.96. The van der Waals surface area contributed by atoms with Crippen LogP contribution in [0.2, 0.25) is 0 Å². The van der Waals surface area contributed by atoms with Gasteiger partial charge < -0.3 is 4.74 Å². The topological polar surface area (TPSA) is 71.5 Å². The first-order valence-electron chi connectivity index (χ1n) is 9.76. The maximum atomic E-state index is 13.2. The predicted molar refractivity (Wildman–Crippen MR) is 113 cm³/mol. The molecule has 3 aromatic rings. The quantitative estimate of drug-likeness (QED) is 0.675. The Morgan fingerprint density at radius 2 is 1.86 bits per heavy atom. The van der Waals surface area contributed by atoms with Gasteiger partial charge in [0.25, 0.3) is 0 Å². The summed E-state index contributed by atoms with van der Waals surface area (Å²) in [4.78, 5) is 6.86. The van der Waals surface area contributed by atoms with Crippen molar-refractivity contribution in [2.75, 3.05) is 32.8 Å². The van der Waals surface area contributed by atoms with Gasteiger partial charge in [-0.2, -0.15) is 0 Å². The number of para-hydroxylation sites is 1. The summed E-state index contributed by atoms with van der Waals surface area (Å²) in [5.41, 5.74) is 2.58. The van der Waals surface area contributed by atoms with E-state index >= 15 is 0 Å². The minimum atomic E-state index is -3.71. The molecular weight excluding hydrogens is 386 g/mol. The van der Waals surface area contributed by atoms with Crippen LogP contribution in [0.15, 0.2) is 65.7 Å². The molecule has 1 aliphatic rings. The van der Waals surface area contributed by atoms with E-state index in [0.29, 0.717) is 18.7 Å². The van der Waals surface area contributed by atoms with Gasteiger partial charge in [-0.05, 0) is 30.2 Å². The van der Waals surface area contributed by atoms with Crippen molar-refractivity contribution in [2.45, 2.75) is 17.9 Å². The van der Waals surface area contributed by atoms with Crippen molar-refractivity contribution in [2.24, 2.45) is 0 Å². The number of sulfonamides is 1. The molecule has 29 heavy (non-hydrogen) atoms. The maximum absolute atomic E-state index is 13.2. The van der Waals surface area contributed by atoms with Crippen molar-refractivity contribution in [3.05, 3.63) is 71.9 Å². The molecule has 0 bridgehead atoms. The summed E-state index contributed by atoms with van der Waals surface area (Å²) in [6, 6.07) is 17.1. The number of aryl methyl sites for hydroxylation is 1. The Morgan fingerprint density at radius 3 is 2.62 bits per heavy atom. The Labute approximate surface area is 171 Å². The third kappa shape index (κ3) is 4.48. The third-order valence-corrected chi connectivity index (χ3v) is 6.69. The van der Waals surface area contributed by atoms with E-state index < -0.39 is 10.0 Å². The molecule has 1 N–H and O–H groups in total. The van der Waals surface area contributed by atoms with Gasteiger partial charge in [-0.25, -0.2) is 13.1 Å². The van der Waals surface area contributed by atoms with Gasteiger partial charge in [0.15, 0.2) is 0 Å². The first-order valence-corrected chi connectivity index (χ1v) is 11.2. The fourth-order valence-electron chi connectivity index (χ4n) is 3.75. The van der Waals surface area contributed by atoms with E-state index in [-0.39, 0.29) is 17.5 Å².